The smallest absolute Gasteiger partial charge is 0.285 e. The second-order valence-corrected chi connectivity index (χ2v) is 3.40. The lowest BCUT2D eigenvalue weighted by atomic mass is 10.3. The molecule has 0 unspecified atom stereocenters. The van der Waals surface area contributed by atoms with Crippen LogP contribution in [0.1, 0.15) is 0 Å². The van der Waals surface area contributed by atoms with Crippen LogP contribution in [-0.4, -0.2) is 14.8 Å². The Bertz CT molecular complexity index is 517. The van der Waals surface area contributed by atoms with Gasteiger partial charge in [0.25, 0.3) is 10.4 Å². The van der Waals surface area contributed by atoms with Crippen LogP contribution in [0.2, 0.25) is 0 Å². The molecule has 72 valence electrons. The topological polar surface area (TPSA) is 60.9 Å². The Morgan fingerprint density at radius 3 is 2.86 bits per heavy atom. The van der Waals surface area contributed by atoms with Gasteiger partial charge < -0.3 is 8.98 Å². The Morgan fingerprint density at radius 1 is 1.50 bits per heavy atom. The van der Waals surface area contributed by atoms with E-state index in [1.165, 1.54) is 10.6 Å². The van der Waals surface area contributed by atoms with Gasteiger partial charge in [-0.15, -0.1) is 10.2 Å². The van der Waals surface area contributed by atoms with Gasteiger partial charge >= 0.3 is 0 Å². The maximum absolute atomic E-state index is 11.3. The van der Waals surface area contributed by atoms with Gasteiger partial charge in [0.05, 0.1) is 0 Å². The molecule has 0 amide bonds. The molecule has 14 heavy (non-hydrogen) atoms. The monoisotopic (exact) mass is 255 g/mol. The van der Waals surface area contributed by atoms with Crippen molar-refractivity contribution in [2.45, 2.75) is 0 Å². The molecule has 0 aliphatic carbocycles. The Labute approximate surface area is 87.5 Å². The lowest BCUT2D eigenvalue weighted by Crippen LogP contribution is -2.14. The number of nitrogens with zero attached hydrogens (tertiary/aromatic N) is 3. The van der Waals surface area contributed by atoms with Gasteiger partial charge in [-0.3, -0.25) is 4.79 Å². The molecule has 0 N–H and O–H groups in total. The van der Waals surface area contributed by atoms with E-state index < -0.39 is 0 Å². The van der Waals surface area contributed by atoms with Gasteiger partial charge in [-0.1, -0.05) is 0 Å². The minimum Gasteiger partial charge on any atom is -0.411 e. The van der Waals surface area contributed by atoms with Crippen molar-refractivity contribution in [3.05, 3.63) is 33.5 Å². The summed E-state index contributed by atoms with van der Waals surface area (Å²) in [6, 6.07) is 3.18. The minimum absolute atomic E-state index is 0.114. The molecule has 2 aromatic rings. The third kappa shape index (κ3) is 1.60. The molecule has 0 saturated carbocycles. The van der Waals surface area contributed by atoms with E-state index in [0.29, 0.717) is 16.3 Å². The maximum atomic E-state index is 11.3. The van der Waals surface area contributed by atoms with E-state index in [1.807, 2.05) is 0 Å². The number of hydrogen-bond donors (Lipinski definition) is 0. The van der Waals surface area contributed by atoms with Crippen molar-refractivity contribution in [2.24, 2.45) is 7.05 Å². The van der Waals surface area contributed by atoms with Crippen LogP contribution in [0.3, 0.4) is 0 Å². The molecule has 2 aromatic heterocycles. The van der Waals surface area contributed by atoms with Crippen LogP contribution in [0, 0.1) is 0 Å². The van der Waals surface area contributed by atoms with Crippen molar-refractivity contribution in [1.82, 2.24) is 14.8 Å². The van der Waals surface area contributed by atoms with E-state index >= 15 is 0 Å². The molecule has 0 bridgehead atoms. The highest BCUT2D eigenvalue weighted by atomic mass is 79.9. The first-order valence-electron chi connectivity index (χ1n) is 3.83. The zero-order valence-corrected chi connectivity index (χ0v) is 8.85. The molecular formula is C8H6BrN3O2. The van der Waals surface area contributed by atoms with Gasteiger partial charge in [-0.05, 0) is 6.07 Å². The van der Waals surface area contributed by atoms with Crippen LogP contribution in [0.5, 0.6) is 0 Å². The van der Waals surface area contributed by atoms with Gasteiger partial charge in [0, 0.05) is 40.8 Å². The van der Waals surface area contributed by atoms with Crippen LogP contribution in [0.15, 0.2) is 32.3 Å². The van der Waals surface area contributed by atoms with E-state index in [-0.39, 0.29) is 5.56 Å². The molecule has 0 radical (unpaired) electrons. The first-order valence-corrected chi connectivity index (χ1v) is 4.62. The average molecular weight is 256 g/mol. The fraction of sp³-hybridized carbons (Fsp3) is 0.125. The number of pyridine rings is 1. The van der Waals surface area contributed by atoms with E-state index in [0.717, 1.165) is 0 Å². The quantitative estimate of drug-likeness (QED) is 0.769. The molecule has 0 aromatic carbocycles. The Balaban J connectivity index is 2.53. The largest absolute Gasteiger partial charge is 0.411 e. The summed E-state index contributed by atoms with van der Waals surface area (Å²) in [6.07, 6.45) is 1.65. The van der Waals surface area contributed by atoms with Gasteiger partial charge in [0.15, 0.2) is 0 Å². The molecule has 2 heterocycles. The van der Waals surface area contributed by atoms with E-state index in [4.69, 9.17) is 4.42 Å². The summed E-state index contributed by atoms with van der Waals surface area (Å²) in [7, 11) is 1.68. The van der Waals surface area contributed by atoms with Crippen molar-refractivity contribution in [3.8, 4) is 11.5 Å². The molecule has 5 nitrogen and oxygen atoms in total. The Hall–Kier alpha value is -1.43. The average Bonchev–Trinajstić information content (AvgIpc) is 2.57. The molecule has 0 fully saturated rings. The van der Waals surface area contributed by atoms with Crippen molar-refractivity contribution < 1.29 is 4.42 Å². The molecule has 0 aliphatic heterocycles. The molecule has 0 spiro atoms. The van der Waals surface area contributed by atoms with Crippen molar-refractivity contribution in [1.29, 1.82) is 0 Å². The first kappa shape index (κ1) is 9.14. The van der Waals surface area contributed by atoms with Crippen molar-refractivity contribution in [2.75, 3.05) is 0 Å². The zero-order chi connectivity index (χ0) is 10.1. The standard InChI is InChI=1S/C8H6BrN3O2/c1-12-3-2-5(4-6(12)13)7-10-11-8(9)14-7/h2-4H,1H3. The molecular weight excluding hydrogens is 250 g/mol. The van der Waals surface area contributed by atoms with Crippen LogP contribution >= 0.6 is 15.9 Å². The maximum Gasteiger partial charge on any atom is 0.285 e. The number of hydrogen-bond acceptors (Lipinski definition) is 4. The van der Waals surface area contributed by atoms with Gasteiger partial charge in [0.1, 0.15) is 0 Å². The van der Waals surface area contributed by atoms with Crippen LogP contribution in [0.25, 0.3) is 11.5 Å². The predicted octanol–water partition coefficient (Wildman–Crippen LogP) is 1.20. The number of halogens is 1. The lowest BCUT2D eigenvalue weighted by molar-refractivity contribution is 0.540. The van der Waals surface area contributed by atoms with Crippen LogP contribution in [-0.2, 0) is 7.05 Å². The lowest BCUT2D eigenvalue weighted by Gasteiger charge is -1.96. The molecule has 2 rings (SSSR count). The van der Waals surface area contributed by atoms with Crippen molar-refractivity contribution >= 4 is 15.9 Å². The van der Waals surface area contributed by atoms with Gasteiger partial charge in [-0.2, -0.15) is 0 Å². The highest BCUT2D eigenvalue weighted by Gasteiger charge is 2.06. The third-order valence-electron chi connectivity index (χ3n) is 1.75. The zero-order valence-electron chi connectivity index (χ0n) is 7.27. The van der Waals surface area contributed by atoms with Crippen molar-refractivity contribution in [3.63, 3.8) is 0 Å². The number of rotatable bonds is 1. The van der Waals surface area contributed by atoms with E-state index in [1.54, 1.807) is 19.3 Å². The summed E-state index contributed by atoms with van der Waals surface area (Å²) in [4.78, 5) is 11.6. The second kappa shape index (κ2) is 3.38. The molecule has 0 aliphatic rings. The second-order valence-electron chi connectivity index (χ2n) is 2.72. The van der Waals surface area contributed by atoms with Gasteiger partial charge in [0.2, 0.25) is 5.89 Å². The number of aryl methyl sites for hydroxylation is 1. The summed E-state index contributed by atoms with van der Waals surface area (Å²) >= 11 is 3.04. The molecule has 0 atom stereocenters. The fourth-order valence-corrected chi connectivity index (χ4v) is 1.24. The summed E-state index contributed by atoms with van der Waals surface area (Å²) in [5.41, 5.74) is 0.503. The molecule has 6 heteroatoms. The normalized spacial score (nSPS) is 10.4. The van der Waals surface area contributed by atoms with Crippen LogP contribution < -0.4 is 5.56 Å². The number of aromatic nitrogens is 3. The highest BCUT2D eigenvalue weighted by molar-refractivity contribution is 9.10. The SMILES string of the molecule is Cn1ccc(-c2nnc(Br)o2)cc1=O. The van der Waals surface area contributed by atoms with Crippen LogP contribution in [0.4, 0.5) is 0 Å². The highest BCUT2D eigenvalue weighted by Crippen LogP contribution is 2.17. The minimum atomic E-state index is -0.114. The van der Waals surface area contributed by atoms with Gasteiger partial charge in [-0.25, -0.2) is 0 Å². The molecule has 0 saturated heterocycles. The summed E-state index contributed by atoms with van der Waals surface area (Å²) in [5.74, 6) is 0.328. The predicted molar refractivity (Wildman–Crippen MR) is 52.7 cm³/mol. The summed E-state index contributed by atoms with van der Waals surface area (Å²) in [5, 5.41) is 7.38. The summed E-state index contributed by atoms with van der Waals surface area (Å²) in [6.45, 7) is 0. The first-order chi connectivity index (χ1) is 6.66. The fourth-order valence-electron chi connectivity index (χ4n) is 1.00. The summed E-state index contributed by atoms with van der Waals surface area (Å²) < 4.78 is 6.58. The Morgan fingerprint density at radius 2 is 2.29 bits per heavy atom. The van der Waals surface area contributed by atoms with E-state index in [2.05, 4.69) is 26.1 Å². The van der Waals surface area contributed by atoms with E-state index in [9.17, 15) is 4.79 Å². The Kier molecular flexibility index (Phi) is 2.20. The third-order valence-corrected chi connectivity index (χ3v) is 2.07.